The van der Waals surface area contributed by atoms with Crippen molar-refractivity contribution in [3.05, 3.63) is 16.7 Å². The summed E-state index contributed by atoms with van der Waals surface area (Å²) in [5.41, 5.74) is 5.17. The smallest absolute Gasteiger partial charge is 0.410 e. The van der Waals surface area contributed by atoms with Gasteiger partial charge in [-0.15, -0.1) is 5.54 Å². The molecule has 0 radical (unpaired) electrons. The minimum atomic E-state index is -2.16. The molecule has 48 heavy (non-hydrogen) atoms. The highest BCUT2D eigenvalue weighted by Gasteiger charge is 2.48. The number of carbonyl (C=O) groups excluding carboxylic acids is 1. The Balaban J connectivity index is 1.47. The summed E-state index contributed by atoms with van der Waals surface area (Å²) in [5.74, 6) is 3.92. The molecule has 6 heterocycles. The monoisotopic (exact) mass is 698 g/mol. The first-order valence-corrected chi connectivity index (χ1v) is 20.3. The van der Waals surface area contributed by atoms with Crippen molar-refractivity contribution in [2.45, 2.75) is 122 Å². The number of halogens is 2. The Kier molecular flexibility index (Phi) is 9.44. The zero-order valence-electron chi connectivity index (χ0n) is 30.1. The number of hydrogen-bond acceptors (Lipinski definition) is 8. The van der Waals surface area contributed by atoms with Gasteiger partial charge in [0.05, 0.1) is 17.5 Å². The van der Waals surface area contributed by atoms with Gasteiger partial charge in [-0.2, -0.15) is 4.98 Å². The second-order valence-corrected chi connectivity index (χ2v) is 22.4. The Morgan fingerprint density at radius 2 is 1.56 bits per heavy atom. The predicted octanol–water partition coefficient (Wildman–Crippen LogP) is 7.59. The molecule has 2 unspecified atom stereocenters. The van der Waals surface area contributed by atoms with Crippen LogP contribution in [-0.2, 0) is 9.47 Å². The molecule has 12 heteroatoms. The molecule has 2 bridgehead atoms. The van der Waals surface area contributed by atoms with Gasteiger partial charge in [0.2, 0.25) is 5.95 Å². The van der Waals surface area contributed by atoms with E-state index in [1.165, 1.54) is 0 Å². The first-order chi connectivity index (χ1) is 22.5. The molecule has 4 fully saturated rings. The third kappa shape index (κ3) is 6.26. The molecular formula is C36H52ClFN6O3Si. The van der Waals surface area contributed by atoms with Crippen molar-refractivity contribution in [1.82, 2.24) is 19.9 Å². The van der Waals surface area contributed by atoms with E-state index in [0.29, 0.717) is 52.6 Å². The fourth-order valence-electron chi connectivity index (χ4n) is 8.89. The van der Waals surface area contributed by atoms with Crippen LogP contribution >= 0.6 is 11.6 Å². The topological polar surface area (TPSA) is 83.9 Å². The second kappa shape index (κ2) is 12.9. The number of piperazine rings is 1. The second-order valence-electron chi connectivity index (χ2n) is 16.4. The Hall–Kier alpha value is -2.68. The van der Waals surface area contributed by atoms with E-state index in [1.807, 2.05) is 25.7 Å². The number of hydrogen-bond donors (Lipinski definition) is 0. The molecule has 0 aromatic carbocycles. The average molecular weight is 699 g/mol. The summed E-state index contributed by atoms with van der Waals surface area (Å²) < 4.78 is 27.6. The van der Waals surface area contributed by atoms with Crippen LogP contribution in [0.3, 0.4) is 0 Å². The van der Waals surface area contributed by atoms with Gasteiger partial charge in [-0.25, -0.2) is 19.2 Å². The fourth-order valence-corrected chi connectivity index (χ4v) is 14.3. The molecule has 4 saturated heterocycles. The lowest BCUT2D eigenvalue weighted by atomic mass is 9.73. The summed E-state index contributed by atoms with van der Waals surface area (Å²) in [4.78, 5) is 34.2. The van der Waals surface area contributed by atoms with Crippen molar-refractivity contribution in [3.63, 3.8) is 0 Å². The maximum absolute atomic E-state index is 16.1. The van der Waals surface area contributed by atoms with E-state index in [-0.39, 0.29) is 34.3 Å². The average Bonchev–Trinajstić information content (AvgIpc) is 3.26. The zero-order valence-corrected chi connectivity index (χ0v) is 31.9. The quantitative estimate of drug-likeness (QED) is 0.180. The van der Waals surface area contributed by atoms with Crippen LogP contribution in [0.4, 0.5) is 21.0 Å². The highest BCUT2D eigenvalue weighted by Crippen LogP contribution is 2.44. The highest BCUT2D eigenvalue weighted by molar-refractivity contribution is 6.90. The summed E-state index contributed by atoms with van der Waals surface area (Å²) in [5, 5.41) is 0.270. The Bertz CT molecular complexity index is 1590. The molecule has 4 aliphatic rings. The number of fused-ring (bicyclic) bond motifs is 3. The number of aromatic nitrogens is 3. The lowest BCUT2D eigenvalue weighted by molar-refractivity contribution is -0.000716. The molecule has 4 aliphatic heterocycles. The molecule has 1 amide bonds. The Morgan fingerprint density at radius 3 is 2.10 bits per heavy atom. The number of pyridine rings is 1. The van der Waals surface area contributed by atoms with Crippen molar-refractivity contribution in [1.29, 1.82) is 0 Å². The number of rotatable bonds is 5. The minimum Gasteiger partial charge on any atom is -0.444 e. The number of amides is 1. The van der Waals surface area contributed by atoms with E-state index in [0.717, 1.165) is 52.0 Å². The molecule has 1 spiro atoms. The van der Waals surface area contributed by atoms with Crippen molar-refractivity contribution in [2.75, 3.05) is 49.2 Å². The standard InChI is InChI=1S/C36H52ClFN6O3Si/c1-22(2)48(23(3)4,24(5)6)17-12-27-28-30(29(38)31(37)39-27)40-33(43-20-36(21-43)13-15-46-16-14-36)41-32(28)42-18-25-10-11-26(19-42)44(25)34(45)47-35(7,8)9/h22-26H,10-11,13-16,18-21H2,1-9H3. The van der Waals surface area contributed by atoms with Gasteiger partial charge in [0.15, 0.2) is 11.0 Å². The van der Waals surface area contributed by atoms with E-state index in [4.69, 9.17) is 31.0 Å². The zero-order chi connectivity index (χ0) is 34.8. The minimum absolute atomic E-state index is 0.0518. The van der Waals surface area contributed by atoms with Gasteiger partial charge >= 0.3 is 6.09 Å². The molecule has 0 saturated carbocycles. The Labute approximate surface area is 291 Å². The third-order valence-electron chi connectivity index (χ3n) is 11.3. The summed E-state index contributed by atoms with van der Waals surface area (Å²) >= 11 is 6.53. The number of ether oxygens (including phenoxy) is 2. The van der Waals surface area contributed by atoms with Crippen LogP contribution < -0.4 is 9.80 Å². The van der Waals surface area contributed by atoms with Crippen LogP contribution in [0.5, 0.6) is 0 Å². The van der Waals surface area contributed by atoms with Crippen molar-refractivity contribution < 1.29 is 18.7 Å². The third-order valence-corrected chi connectivity index (χ3v) is 17.8. The number of nitrogens with zero attached hydrogens (tertiary/aromatic N) is 6. The lowest BCUT2D eigenvalue weighted by Crippen LogP contribution is -2.59. The molecule has 2 aromatic heterocycles. The van der Waals surface area contributed by atoms with Crippen LogP contribution in [0.25, 0.3) is 10.9 Å². The molecule has 262 valence electrons. The fraction of sp³-hybridized carbons (Fsp3) is 0.722. The summed E-state index contributed by atoms with van der Waals surface area (Å²) in [6, 6.07) is -0.104. The van der Waals surface area contributed by atoms with Gasteiger partial charge in [0, 0.05) is 44.8 Å². The Morgan fingerprint density at radius 1 is 0.979 bits per heavy atom. The normalized spacial score (nSPS) is 22.5. The number of carbonyl (C=O) groups is 1. The van der Waals surface area contributed by atoms with Gasteiger partial charge in [-0.1, -0.05) is 59.1 Å². The van der Waals surface area contributed by atoms with Crippen LogP contribution in [0.1, 0.15) is 93.7 Å². The lowest BCUT2D eigenvalue weighted by Gasteiger charge is -2.52. The van der Waals surface area contributed by atoms with E-state index < -0.39 is 19.5 Å². The van der Waals surface area contributed by atoms with Crippen molar-refractivity contribution >= 4 is 48.4 Å². The van der Waals surface area contributed by atoms with Gasteiger partial charge in [-0.3, -0.25) is 4.90 Å². The van der Waals surface area contributed by atoms with Crippen molar-refractivity contribution in [2.24, 2.45) is 5.41 Å². The SMILES string of the molecule is CC(C)[Si](C#Cc1nc(Cl)c(F)c2nc(N3CC4(CCOCC4)C3)nc(N3CC4CCC(C3)N4C(=O)OC(C)(C)C)c12)(C(C)C)C(C)C. The first-order valence-electron chi connectivity index (χ1n) is 17.7. The predicted molar refractivity (Wildman–Crippen MR) is 192 cm³/mol. The van der Waals surface area contributed by atoms with Gasteiger partial charge in [0.25, 0.3) is 0 Å². The maximum Gasteiger partial charge on any atom is 0.410 e. The molecule has 9 nitrogen and oxygen atoms in total. The summed E-state index contributed by atoms with van der Waals surface area (Å²) in [6.45, 7) is 23.5. The molecule has 0 N–H and O–H groups in total. The first kappa shape index (κ1) is 35.2. The highest BCUT2D eigenvalue weighted by atomic mass is 35.5. The van der Waals surface area contributed by atoms with Crippen LogP contribution in [0.2, 0.25) is 21.8 Å². The van der Waals surface area contributed by atoms with E-state index in [9.17, 15) is 4.79 Å². The molecule has 2 atom stereocenters. The van der Waals surface area contributed by atoms with Gasteiger partial charge in [0.1, 0.15) is 30.7 Å². The summed E-state index contributed by atoms with van der Waals surface area (Å²) in [7, 11) is -2.16. The van der Waals surface area contributed by atoms with E-state index >= 15 is 4.39 Å². The molecule has 0 aliphatic carbocycles. The van der Waals surface area contributed by atoms with E-state index in [1.54, 1.807) is 0 Å². The van der Waals surface area contributed by atoms with Crippen LogP contribution in [0.15, 0.2) is 0 Å². The van der Waals surface area contributed by atoms with Crippen LogP contribution in [0, 0.1) is 22.7 Å². The van der Waals surface area contributed by atoms with Crippen LogP contribution in [-0.4, -0.2) is 91.1 Å². The maximum atomic E-state index is 16.1. The van der Waals surface area contributed by atoms with Gasteiger partial charge in [-0.05, 0) is 63.1 Å². The van der Waals surface area contributed by atoms with Crippen molar-refractivity contribution in [3.8, 4) is 11.5 Å². The summed E-state index contributed by atoms with van der Waals surface area (Å²) in [6.07, 6.45) is 3.44. The largest absolute Gasteiger partial charge is 0.444 e. The number of anilines is 2. The molecule has 2 aromatic rings. The van der Waals surface area contributed by atoms with Gasteiger partial charge < -0.3 is 19.3 Å². The molecular weight excluding hydrogens is 647 g/mol. The molecule has 6 rings (SSSR count). The van der Waals surface area contributed by atoms with E-state index in [2.05, 4.69) is 67.8 Å².